The zero-order valence-corrected chi connectivity index (χ0v) is 12.2. The molecule has 0 radical (unpaired) electrons. The van der Waals surface area contributed by atoms with E-state index in [1.165, 1.54) is 19.3 Å². The molecule has 0 aromatic heterocycles. The lowest BCUT2D eigenvalue weighted by molar-refractivity contribution is -0.135. The second kappa shape index (κ2) is 5.60. The number of nitrogens with zero attached hydrogens (tertiary/aromatic N) is 1. The van der Waals surface area contributed by atoms with Crippen molar-refractivity contribution in [1.29, 1.82) is 0 Å². The van der Waals surface area contributed by atoms with Crippen LogP contribution in [-0.2, 0) is 4.79 Å². The van der Waals surface area contributed by atoms with Crippen molar-refractivity contribution in [3.63, 3.8) is 0 Å². The number of unbranched alkanes of at least 4 members (excludes halogenated alkanes) is 3. The fourth-order valence-corrected chi connectivity index (χ4v) is 3.68. The van der Waals surface area contributed by atoms with Crippen LogP contribution in [0.25, 0.3) is 0 Å². The number of nitrogens with one attached hydrogen (secondary N) is 1. The number of fused-ring (bicyclic) bond motifs is 1. The summed E-state index contributed by atoms with van der Waals surface area (Å²) >= 11 is 0. The Morgan fingerprint density at radius 2 is 2.06 bits per heavy atom. The molecule has 1 amide bonds. The molecule has 3 nitrogen and oxygen atoms in total. The Morgan fingerprint density at radius 3 is 2.72 bits per heavy atom. The lowest BCUT2D eigenvalue weighted by atomic mass is 9.85. The van der Waals surface area contributed by atoms with Crippen molar-refractivity contribution in [3.05, 3.63) is 0 Å². The molecule has 2 saturated heterocycles. The second-order valence-electron chi connectivity index (χ2n) is 6.49. The van der Waals surface area contributed by atoms with Crippen molar-refractivity contribution >= 4 is 5.91 Å². The molecule has 2 unspecified atom stereocenters. The highest BCUT2D eigenvalue weighted by Crippen LogP contribution is 2.40. The normalized spacial score (nSPS) is 29.6. The maximum Gasteiger partial charge on any atom is 0.223 e. The first kappa shape index (κ1) is 13.9. The van der Waals surface area contributed by atoms with Gasteiger partial charge in [-0.1, -0.05) is 26.2 Å². The maximum atomic E-state index is 12.4. The van der Waals surface area contributed by atoms with E-state index in [0.29, 0.717) is 17.7 Å². The molecule has 2 heterocycles. The number of hydrogen-bond donors (Lipinski definition) is 1. The third-order valence-corrected chi connectivity index (χ3v) is 4.91. The van der Waals surface area contributed by atoms with E-state index in [2.05, 4.69) is 31.0 Å². The fourth-order valence-electron chi connectivity index (χ4n) is 3.68. The highest BCUT2D eigenvalue weighted by Gasteiger charge is 2.50. The zero-order chi connectivity index (χ0) is 13.2. The van der Waals surface area contributed by atoms with Crippen LogP contribution in [0.3, 0.4) is 0 Å². The smallest absolute Gasteiger partial charge is 0.223 e. The lowest BCUT2D eigenvalue weighted by Crippen LogP contribution is -2.47. The highest BCUT2D eigenvalue weighted by molar-refractivity contribution is 5.77. The van der Waals surface area contributed by atoms with Crippen LogP contribution in [0.1, 0.15) is 52.9 Å². The van der Waals surface area contributed by atoms with Gasteiger partial charge in [-0.2, -0.15) is 0 Å². The van der Waals surface area contributed by atoms with Crippen molar-refractivity contribution < 1.29 is 4.79 Å². The molecule has 0 aromatic rings. The molecule has 0 aromatic carbocycles. The van der Waals surface area contributed by atoms with E-state index in [0.717, 1.165) is 32.5 Å². The second-order valence-corrected chi connectivity index (χ2v) is 6.49. The molecule has 18 heavy (non-hydrogen) atoms. The summed E-state index contributed by atoms with van der Waals surface area (Å²) in [4.78, 5) is 14.5. The molecule has 104 valence electrons. The van der Waals surface area contributed by atoms with E-state index in [9.17, 15) is 4.79 Å². The van der Waals surface area contributed by atoms with Crippen molar-refractivity contribution in [2.24, 2.45) is 11.8 Å². The number of carbonyl (C=O) groups is 1. The Bertz CT molecular complexity index is 301. The Labute approximate surface area is 111 Å². The van der Waals surface area contributed by atoms with Gasteiger partial charge in [0.2, 0.25) is 5.91 Å². The lowest BCUT2D eigenvalue weighted by Gasteiger charge is -2.35. The van der Waals surface area contributed by atoms with Gasteiger partial charge in [0.15, 0.2) is 0 Å². The van der Waals surface area contributed by atoms with Gasteiger partial charge in [-0.05, 0) is 32.1 Å². The molecule has 2 rings (SSSR count). The molecule has 0 aliphatic carbocycles. The molecule has 0 spiro atoms. The van der Waals surface area contributed by atoms with Crippen molar-refractivity contribution in [1.82, 2.24) is 10.2 Å². The maximum absolute atomic E-state index is 12.4. The minimum absolute atomic E-state index is 0.0516. The quantitative estimate of drug-likeness (QED) is 0.762. The van der Waals surface area contributed by atoms with E-state index in [4.69, 9.17) is 0 Å². The predicted octanol–water partition coefficient (Wildman–Crippen LogP) is 2.41. The minimum Gasteiger partial charge on any atom is -0.337 e. The Kier molecular flexibility index (Phi) is 4.31. The van der Waals surface area contributed by atoms with Crippen molar-refractivity contribution in [3.8, 4) is 0 Å². The molecule has 1 N–H and O–H groups in total. The van der Waals surface area contributed by atoms with Crippen LogP contribution in [0.4, 0.5) is 0 Å². The molecular formula is C15H28N2O. The molecule has 2 aliphatic heterocycles. The third kappa shape index (κ3) is 2.56. The monoisotopic (exact) mass is 252 g/mol. The predicted molar refractivity (Wildman–Crippen MR) is 74.4 cm³/mol. The summed E-state index contributed by atoms with van der Waals surface area (Å²) in [5, 5.41) is 3.46. The first-order chi connectivity index (χ1) is 8.57. The van der Waals surface area contributed by atoms with E-state index >= 15 is 0 Å². The van der Waals surface area contributed by atoms with Crippen LogP contribution in [0, 0.1) is 11.8 Å². The zero-order valence-electron chi connectivity index (χ0n) is 12.2. The summed E-state index contributed by atoms with van der Waals surface area (Å²) in [7, 11) is 0. The van der Waals surface area contributed by atoms with Crippen LogP contribution in [0.5, 0.6) is 0 Å². The Hall–Kier alpha value is -0.570. The van der Waals surface area contributed by atoms with Gasteiger partial charge in [0.25, 0.3) is 0 Å². The van der Waals surface area contributed by atoms with Crippen LogP contribution in [0.2, 0.25) is 0 Å². The molecule has 2 aliphatic rings. The largest absolute Gasteiger partial charge is 0.337 e. The van der Waals surface area contributed by atoms with Gasteiger partial charge in [0.05, 0.1) is 0 Å². The molecule has 0 saturated carbocycles. The Morgan fingerprint density at radius 1 is 1.28 bits per heavy atom. The molecular weight excluding hydrogens is 224 g/mol. The SMILES string of the molecule is CCCCCCC(=O)N1CC2CNCC2C1(C)C. The molecule has 2 fully saturated rings. The number of likely N-dealkylation sites (tertiary alicyclic amines) is 1. The molecule has 3 heteroatoms. The molecule has 2 atom stereocenters. The Balaban J connectivity index is 1.87. The standard InChI is InChI=1S/C15H28N2O/c1-4-5-6-7-8-14(18)17-11-12-9-16-10-13(12)15(17,2)3/h12-13,16H,4-11H2,1-3H3. The van der Waals surface area contributed by atoms with Crippen LogP contribution < -0.4 is 5.32 Å². The summed E-state index contributed by atoms with van der Waals surface area (Å²) in [6.07, 6.45) is 5.50. The number of carbonyl (C=O) groups excluding carboxylic acids is 1. The summed E-state index contributed by atoms with van der Waals surface area (Å²) in [6, 6.07) is 0. The van der Waals surface area contributed by atoms with Crippen LogP contribution in [0.15, 0.2) is 0 Å². The summed E-state index contributed by atoms with van der Waals surface area (Å²) < 4.78 is 0. The number of rotatable bonds is 5. The van der Waals surface area contributed by atoms with Gasteiger partial charge in [-0.3, -0.25) is 4.79 Å². The van der Waals surface area contributed by atoms with Gasteiger partial charge >= 0.3 is 0 Å². The summed E-state index contributed by atoms with van der Waals surface area (Å²) in [5.74, 6) is 1.71. The van der Waals surface area contributed by atoms with Gasteiger partial charge in [-0.15, -0.1) is 0 Å². The highest BCUT2D eigenvalue weighted by atomic mass is 16.2. The number of amides is 1. The average Bonchev–Trinajstić information content (AvgIpc) is 2.87. The van der Waals surface area contributed by atoms with E-state index in [1.807, 2.05) is 0 Å². The summed E-state index contributed by atoms with van der Waals surface area (Å²) in [6.45, 7) is 9.84. The fraction of sp³-hybridized carbons (Fsp3) is 0.933. The van der Waals surface area contributed by atoms with E-state index in [-0.39, 0.29) is 5.54 Å². The van der Waals surface area contributed by atoms with Gasteiger partial charge in [-0.25, -0.2) is 0 Å². The van der Waals surface area contributed by atoms with E-state index in [1.54, 1.807) is 0 Å². The first-order valence-corrected chi connectivity index (χ1v) is 7.58. The topological polar surface area (TPSA) is 32.3 Å². The molecule has 0 bridgehead atoms. The van der Waals surface area contributed by atoms with Crippen molar-refractivity contribution in [2.75, 3.05) is 19.6 Å². The van der Waals surface area contributed by atoms with Gasteiger partial charge in [0, 0.05) is 31.6 Å². The van der Waals surface area contributed by atoms with Crippen molar-refractivity contribution in [2.45, 2.75) is 58.4 Å². The van der Waals surface area contributed by atoms with Gasteiger partial charge in [0.1, 0.15) is 0 Å². The van der Waals surface area contributed by atoms with Crippen LogP contribution in [-0.4, -0.2) is 36.0 Å². The minimum atomic E-state index is 0.0516. The van der Waals surface area contributed by atoms with Crippen LogP contribution >= 0.6 is 0 Å². The average molecular weight is 252 g/mol. The van der Waals surface area contributed by atoms with Gasteiger partial charge < -0.3 is 10.2 Å². The van der Waals surface area contributed by atoms with E-state index < -0.39 is 0 Å². The first-order valence-electron chi connectivity index (χ1n) is 7.58. The summed E-state index contributed by atoms with van der Waals surface area (Å²) in [5.41, 5.74) is 0.0516. The third-order valence-electron chi connectivity index (χ3n) is 4.91. The number of hydrogen-bond acceptors (Lipinski definition) is 2.